The van der Waals surface area contributed by atoms with E-state index in [1.165, 1.54) is 11.3 Å². The number of carbonyl (C=O) groups excluding carboxylic acids is 1. The predicted octanol–water partition coefficient (Wildman–Crippen LogP) is 3.94. The van der Waals surface area contributed by atoms with Crippen LogP contribution in [0.15, 0.2) is 48.5 Å². The minimum Gasteiger partial charge on any atom is -0.493 e. The first-order valence-electron chi connectivity index (χ1n) is 9.18. The molecule has 0 aliphatic carbocycles. The summed E-state index contributed by atoms with van der Waals surface area (Å²) in [6, 6.07) is 15.0. The standard InChI is InChI=1S/C21H23N3O4S/c1-4-16(28-15-8-6-5-7-9-15)20(25)22-21-24-23-19(29-21)13-14-10-11-17(26-2)18(12-14)27-3/h5-12,16H,4,13H2,1-3H3,(H,22,24,25)/t16-/m0/s1. The molecule has 29 heavy (non-hydrogen) atoms. The molecule has 152 valence electrons. The zero-order valence-corrected chi connectivity index (χ0v) is 17.4. The van der Waals surface area contributed by atoms with Gasteiger partial charge in [-0.05, 0) is 36.2 Å². The molecule has 3 rings (SSSR count). The Bertz CT molecular complexity index is 946. The molecule has 0 aliphatic heterocycles. The minimum absolute atomic E-state index is 0.245. The number of benzene rings is 2. The van der Waals surface area contributed by atoms with Crippen LogP contribution in [-0.2, 0) is 11.2 Å². The van der Waals surface area contributed by atoms with Crippen LogP contribution in [0.2, 0.25) is 0 Å². The fourth-order valence-electron chi connectivity index (χ4n) is 2.71. The van der Waals surface area contributed by atoms with E-state index in [1.54, 1.807) is 14.2 Å². The van der Waals surface area contributed by atoms with Crippen molar-refractivity contribution >= 4 is 22.4 Å². The number of anilines is 1. The van der Waals surface area contributed by atoms with Gasteiger partial charge in [0, 0.05) is 6.42 Å². The van der Waals surface area contributed by atoms with Crippen LogP contribution in [0.1, 0.15) is 23.9 Å². The summed E-state index contributed by atoms with van der Waals surface area (Å²) < 4.78 is 16.4. The van der Waals surface area contributed by atoms with Crippen LogP contribution >= 0.6 is 11.3 Å². The highest BCUT2D eigenvalue weighted by atomic mass is 32.1. The van der Waals surface area contributed by atoms with Crippen molar-refractivity contribution in [1.82, 2.24) is 10.2 Å². The smallest absolute Gasteiger partial charge is 0.267 e. The summed E-state index contributed by atoms with van der Waals surface area (Å²) in [6.07, 6.45) is 0.513. The second-order valence-electron chi connectivity index (χ2n) is 6.18. The first kappa shape index (κ1) is 20.6. The monoisotopic (exact) mass is 413 g/mol. The average molecular weight is 413 g/mol. The van der Waals surface area contributed by atoms with Gasteiger partial charge in [0.1, 0.15) is 10.8 Å². The Labute approximate surface area is 173 Å². The number of methoxy groups -OCH3 is 2. The van der Waals surface area contributed by atoms with Crippen molar-refractivity contribution in [3.63, 3.8) is 0 Å². The molecular weight excluding hydrogens is 390 g/mol. The summed E-state index contributed by atoms with van der Waals surface area (Å²) in [5.41, 5.74) is 1.01. The Morgan fingerprint density at radius 2 is 1.83 bits per heavy atom. The molecule has 0 aliphatic rings. The fraction of sp³-hybridized carbons (Fsp3) is 0.286. The molecule has 1 amide bonds. The maximum Gasteiger partial charge on any atom is 0.267 e. The number of nitrogens with zero attached hydrogens (tertiary/aromatic N) is 2. The molecule has 1 N–H and O–H groups in total. The quantitative estimate of drug-likeness (QED) is 0.572. The van der Waals surface area contributed by atoms with Gasteiger partial charge < -0.3 is 14.2 Å². The van der Waals surface area contributed by atoms with Gasteiger partial charge in [-0.25, -0.2) is 0 Å². The highest BCUT2D eigenvalue weighted by Gasteiger charge is 2.20. The van der Waals surface area contributed by atoms with Gasteiger partial charge in [-0.15, -0.1) is 10.2 Å². The van der Waals surface area contributed by atoms with Gasteiger partial charge in [-0.1, -0.05) is 42.5 Å². The number of hydrogen-bond acceptors (Lipinski definition) is 7. The number of para-hydroxylation sites is 1. The summed E-state index contributed by atoms with van der Waals surface area (Å²) in [6.45, 7) is 1.90. The number of hydrogen-bond donors (Lipinski definition) is 1. The van der Waals surface area contributed by atoms with Crippen molar-refractivity contribution in [2.75, 3.05) is 19.5 Å². The molecule has 0 saturated carbocycles. The maximum absolute atomic E-state index is 12.5. The first-order chi connectivity index (χ1) is 14.1. The molecule has 7 nitrogen and oxygen atoms in total. The second-order valence-corrected chi connectivity index (χ2v) is 7.25. The lowest BCUT2D eigenvalue weighted by atomic mass is 10.1. The van der Waals surface area contributed by atoms with Gasteiger partial charge in [0.05, 0.1) is 14.2 Å². The topological polar surface area (TPSA) is 82.6 Å². The van der Waals surface area contributed by atoms with E-state index in [0.717, 1.165) is 10.6 Å². The predicted molar refractivity (Wildman–Crippen MR) is 112 cm³/mol. The van der Waals surface area contributed by atoms with Gasteiger partial charge in [0.2, 0.25) is 5.13 Å². The molecule has 3 aromatic rings. The van der Waals surface area contributed by atoms with Gasteiger partial charge >= 0.3 is 0 Å². The number of amides is 1. The van der Waals surface area contributed by atoms with E-state index in [1.807, 2.05) is 55.5 Å². The Balaban J connectivity index is 1.63. The van der Waals surface area contributed by atoms with Crippen molar-refractivity contribution < 1.29 is 19.0 Å². The van der Waals surface area contributed by atoms with E-state index in [-0.39, 0.29) is 5.91 Å². The highest BCUT2D eigenvalue weighted by molar-refractivity contribution is 7.15. The zero-order chi connectivity index (χ0) is 20.6. The molecule has 8 heteroatoms. The van der Waals surface area contributed by atoms with Gasteiger partial charge in [-0.3, -0.25) is 10.1 Å². The third-order valence-electron chi connectivity index (χ3n) is 4.19. The van der Waals surface area contributed by atoms with Crippen molar-refractivity contribution in [3.8, 4) is 17.2 Å². The van der Waals surface area contributed by atoms with E-state index in [9.17, 15) is 4.79 Å². The molecule has 0 bridgehead atoms. The lowest BCUT2D eigenvalue weighted by Crippen LogP contribution is -2.32. The van der Waals surface area contributed by atoms with E-state index in [0.29, 0.717) is 35.2 Å². The summed E-state index contributed by atoms with van der Waals surface area (Å²) in [5, 5.41) is 12.3. The van der Waals surface area contributed by atoms with E-state index in [4.69, 9.17) is 14.2 Å². The van der Waals surface area contributed by atoms with Crippen LogP contribution in [0.4, 0.5) is 5.13 Å². The summed E-state index contributed by atoms with van der Waals surface area (Å²) >= 11 is 1.33. The van der Waals surface area contributed by atoms with Crippen LogP contribution in [0.25, 0.3) is 0 Å². The molecule has 0 saturated heterocycles. The molecule has 1 atom stereocenters. The molecule has 2 aromatic carbocycles. The lowest BCUT2D eigenvalue weighted by molar-refractivity contribution is -0.122. The van der Waals surface area contributed by atoms with Crippen LogP contribution in [-0.4, -0.2) is 36.4 Å². The molecule has 0 fully saturated rings. The fourth-order valence-corrected chi connectivity index (χ4v) is 3.49. The lowest BCUT2D eigenvalue weighted by Gasteiger charge is -2.16. The Hall–Kier alpha value is -3.13. The average Bonchev–Trinajstić information content (AvgIpc) is 3.19. The van der Waals surface area contributed by atoms with E-state index < -0.39 is 6.10 Å². The molecular formula is C21H23N3O4S. The van der Waals surface area contributed by atoms with Crippen molar-refractivity contribution in [1.29, 1.82) is 0 Å². The highest BCUT2D eigenvalue weighted by Crippen LogP contribution is 2.29. The summed E-state index contributed by atoms with van der Waals surface area (Å²) in [4.78, 5) is 12.5. The van der Waals surface area contributed by atoms with Crippen molar-refractivity contribution in [2.45, 2.75) is 25.9 Å². The summed E-state index contributed by atoms with van der Waals surface area (Å²) in [5.74, 6) is 1.74. The number of carbonyl (C=O) groups is 1. The number of rotatable bonds is 9. The first-order valence-corrected chi connectivity index (χ1v) is 10.0. The molecule has 1 heterocycles. The Morgan fingerprint density at radius 1 is 1.07 bits per heavy atom. The van der Waals surface area contributed by atoms with Crippen molar-refractivity contribution in [2.24, 2.45) is 0 Å². The summed E-state index contributed by atoms with van der Waals surface area (Å²) in [7, 11) is 3.20. The van der Waals surface area contributed by atoms with Crippen LogP contribution < -0.4 is 19.5 Å². The largest absolute Gasteiger partial charge is 0.493 e. The minimum atomic E-state index is -0.601. The Kier molecular flexibility index (Phi) is 7.02. The SMILES string of the molecule is CC[C@H](Oc1ccccc1)C(=O)Nc1nnc(Cc2ccc(OC)c(OC)c2)s1. The molecule has 0 spiro atoms. The third kappa shape index (κ3) is 5.45. The van der Waals surface area contributed by atoms with Gasteiger partial charge in [0.25, 0.3) is 5.91 Å². The van der Waals surface area contributed by atoms with Crippen molar-refractivity contribution in [3.05, 3.63) is 59.1 Å². The maximum atomic E-state index is 12.5. The van der Waals surface area contributed by atoms with E-state index >= 15 is 0 Å². The number of aromatic nitrogens is 2. The van der Waals surface area contributed by atoms with Gasteiger partial charge in [-0.2, -0.15) is 0 Å². The van der Waals surface area contributed by atoms with E-state index in [2.05, 4.69) is 15.5 Å². The normalized spacial score (nSPS) is 11.6. The Morgan fingerprint density at radius 3 is 2.52 bits per heavy atom. The van der Waals surface area contributed by atoms with Crippen LogP contribution in [0.3, 0.4) is 0 Å². The number of ether oxygens (including phenoxy) is 3. The molecule has 0 radical (unpaired) electrons. The van der Waals surface area contributed by atoms with Crippen LogP contribution in [0.5, 0.6) is 17.2 Å². The molecule has 0 unspecified atom stereocenters. The number of nitrogens with one attached hydrogen (secondary N) is 1. The molecule has 1 aromatic heterocycles. The van der Waals surface area contributed by atoms with Gasteiger partial charge in [0.15, 0.2) is 17.6 Å². The zero-order valence-electron chi connectivity index (χ0n) is 16.5. The second kappa shape index (κ2) is 9.88. The van der Waals surface area contributed by atoms with Crippen LogP contribution in [0, 0.1) is 0 Å². The third-order valence-corrected chi connectivity index (χ3v) is 5.02.